The summed E-state index contributed by atoms with van der Waals surface area (Å²) in [5, 5.41) is 24.2. The van der Waals surface area contributed by atoms with Crippen molar-refractivity contribution in [2.45, 2.75) is 89.5 Å². The number of nitrogens with zero attached hydrogens (tertiary/aromatic N) is 7. The molecule has 0 amide bonds. The maximum absolute atomic E-state index is 4.90. The lowest BCUT2D eigenvalue weighted by Gasteiger charge is -2.32. The fourth-order valence-electron chi connectivity index (χ4n) is 6.43. The van der Waals surface area contributed by atoms with E-state index in [0.29, 0.717) is 18.5 Å². The summed E-state index contributed by atoms with van der Waals surface area (Å²) in [6, 6.07) is 15.4. The number of rotatable bonds is 16. The zero-order valence-electron chi connectivity index (χ0n) is 26.5. The summed E-state index contributed by atoms with van der Waals surface area (Å²) < 4.78 is 1.93. The minimum Gasteiger partial charge on any atom is -0.367 e. The lowest BCUT2D eigenvalue weighted by molar-refractivity contribution is 0.209. The Morgan fingerprint density at radius 2 is 1.64 bits per heavy atom. The number of pyridine rings is 1. The van der Waals surface area contributed by atoms with Gasteiger partial charge in [-0.1, -0.05) is 42.7 Å². The third-order valence-electron chi connectivity index (χ3n) is 8.97. The molecule has 1 saturated heterocycles. The van der Waals surface area contributed by atoms with Crippen LogP contribution in [0.4, 0.5) is 11.8 Å². The van der Waals surface area contributed by atoms with Crippen LogP contribution in [0, 0.1) is 0 Å². The molecule has 4 heterocycles. The molecule has 2 fully saturated rings. The summed E-state index contributed by atoms with van der Waals surface area (Å²) in [7, 11) is 0. The standard InChI is InChI=1S/C34H49N11/c1-2-10-27(11-3-1)36-20-8-17-35-18-9-21-45-26-30(42-43-45)24-38-34-40-32-14-5-4-13-31(32)33(41-34)39-28-15-22-44(23-16-28)25-29-12-6-7-19-37-29/h4-7,12-14,19,26-28,35-36H,1-3,8-11,15-18,20-25H2,(H2,38,39,40,41). The van der Waals surface area contributed by atoms with Crippen molar-refractivity contribution in [1.82, 2.24) is 45.5 Å². The summed E-state index contributed by atoms with van der Waals surface area (Å²) in [4.78, 5) is 16.6. The molecule has 0 spiro atoms. The van der Waals surface area contributed by atoms with Gasteiger partial charge >= 0.3 is 0 Å². The third-order valence-corrected chi connectivity index (χ3v) is 8.97. The molecule has 11 heteroatoms. The molecule has 0 bridgehead atoms. The Morgan fingerprint density at radius 3 is 2.51 bits per heavy atom. The van der Waals surface area contributed by atoms with E-state index in [2.05, 4.69) is 59.7 Å². The maximum Gasteiger partial charge on any atom is 0.225 e. The fraction of sp³-hybridized carbons (Fsp3) is 0.559. The average Bonchev–Trinajstić information content (AvgIpc) is 3.54. The number of hydrogen-bond acceptors (Lipinski definition) is 10. The van der Waals surface area contributed by atoms with E-state index in [4.69, 9.17) is 9.97 Å². The molecule has 0 radical (unpaired) electrons. The number of nitrogens with one attached hydrogen (secondary N) is 4. The van der Waals surface area contributed by atoms with Crippen LogP contribution < -0.4 is 21.3 Å². The van der Waals surface area contributed by atoms with Gasteiger partial charge in [0.25, 0.3) is 0 Å². The largest absolute Gasteiger partial charge is 0.367 e. The summed E-state index contributed by atoms with van der Waals surface area (Å²) in [5.74, 6) is 1.48. The number of benzene rings is 1. The van der Waals surface area contributed by atoms with Crippen LogP contribution in [0.25, 0.3) is 10.9 Å². The maximum atomic E-state index is 4.90. The Kier molecular flexibility index (Phi) is 11.5. The van der Waals surface area contributed by atoms with Crippen LogP contribution >= 0.6 is 0 Å². The molecule has 6 rings (SSSR count). The van der Waals surface area contributed by atoms with Crippen LogP contribution in [0.15, 0.2) is 54.9 Å². The highest BCUT2D eigenvalue weighted by atomic mass is 15.4. The first kappa shape index (κ1) is 31.3. The lowest BCUT2D eigenvalue weighted by atomic mass is 9.95. The number of para-hydroxylation sites is 1. The lowest BCUT2D eigenvalue weighted by Crippen LogP contribution is -2.39. The molecule has 0 unspecified atom stereocenters. The summed E-state index contributed by atoms with van der Waals surface area (Å²) >= 11 is 0. The van der Waals surface area contributed by atoms with Crippen molar-refractivity contribution in [3.8, 4) is 0 Å². The first-order chi connectivity index (χ1) is 22.3. The van der Waals surface area contributed by atoms with Crippen molar-refractivity contribution >= 4 is 22.7 Å². The van der Waals surface area contributed by atoms with Crippen LogP contribution in [0.5, 0.6) is 0 Å². The SMILES string of the molecule is c1ccc(CN2CCC(Nc3nc(NCc4cn(CCCNCCCNC5CCCCC5)nn4)nc4ccccc34)CC2)nc1. The minimum absolute atomic E-state index is 0.365. The van der Waals surface area contributed by atoms with E-state index in [-0.39, 0.29) is 0 Å². The Balaban J connectivity index is 0.928. The first-order valence-corrected chi connectivity index (χ1v) is 17.0. The molecular weight excluding hydrogens is 562 g/mol. The van der Waals surface area contributed by atoms with Gasteiger partial charge in [0.15, 0.2) is 0 Å². The second-order valence-corrected chi connectivity index (χ2v) is 12.5. The number of fused-ring (bicyclic) bond motifs is 1. The Hall–Kier alpha value is -3.67. The Morgan fingerprint density at radius 1 is 0.800 bits per heavy atom. The average molecular weight is 612 g/mol. The zero-order chi connectivity index (χ0) is 30.5. The Bertz CT molecular complexity index is 1430. The zero-order valence-corrected chi connectivity index (χ0v) is 26.5. The highest BCUT2D eigenvalue weighted by Crippen LogP contribution is 2.25. The van der Waals surface area contributed by atoms with Gasteiger partial charge in [0, 0.05) is 49.8 Å². The number of aromatic nitrogens is 6. The number of piperidine rings is 1. The van der Waals surface area contributed by atoms with E-state index in [9.17, 15) is 0 Å². The van der Waals surface area contributed by atoms with Gasteiger partial charge in [-0.25, -0.2) is 4.98 Å². The van der Waals surface area contributed by atoms with E-state index in [1.165, 1.54) is 38.5 Å². The van der Waals surface area contributed by atoms with E-state index >= 15 is 0 Å². The van der Waals surface area contributed by atoms with Crippen molar-refractivity contribution in [3.05, 3.63) is 66.2 Å². The van der Waals surface area contributed by atoms with Crippen LogP contribution in [-0.2, 0) is 19.6 Å². The van der Waals surface area contributed by atoms with Gasteiger partial charge in [-0.3, -0.25) is 14.6 Å². The van der Waals surface area contributed by atoms with Crippen molar-refractivity contribution in [2.24, 2.45) is 0 Å². The molecule has 4 aromatic rings. The van der Waals surface area contributed by atoms with Crippen molar-refractivity contribution in [1.29, 1.82) is 0 Å². The molecule has 45 heavy (non-hydrogen) atoms. The molecule has 1 saturated carbocycles. The molecule has 0 atom stereocenters. The monoisotopic (exact) mass is 611 g/mol. The van der Waals surface area contributed by atoms with Gasteiger partial charge in [-0.15, -0.1) is 5.10 Å². The molecule has 1 aliphatic heterocycles. The van der Waals surface area contributed by atoms with Gasteiger partial charge in [-0.2, -0.15) is 4.98 Å². The minimum atomic E-state index is 0.365. The highest BCUT2D eigenvalue weighted by molar-refractivity contribution is 5.90. The van der Waals surface area contributed by atoms with Gasteiger partial charge in [0.2, 0.25) is 5.95 Å². The predicted octanol–water partition coefficient (Wildman–Crippen LogP) is 4.60. The van der Waals surface area contributed by atoms with Gasteiger partial charge in [-0.05, 0) is 82.4 Å². The molecule has 1 aromatic carbocycles. The number of likely N-dealkylation sites (tertiary alicyclic amines) is 1. The molecule has 240 valence electrons. The van der Waals surface area contributed by atoms with Crippen LogP contribution in [0.2, 0.25) is 0 Å². The normalized spacial score (nSPS) is 16.7. The van der Waals surface area contributed by atoms with E-state index in [0.717, 1.165) is 99.2 Å². The predicted molar refractivity (Wildman–Crippen MR) is 180 cm³/mol. The molecule has 3 aromatic heterocycles. The van der Waals surface area contributed by atoms with Crippen LogP contribution in [0.3, 0.4) is 0 Å². The van der Waals surface area contributed by atoms with Gasteiger partial charge in [0.1, 0.15) is 11.5 Å². The van der Waals surface area contributed by atoms with E-state index in [1.807, 2.05) is 41.3 Å². The summed E-state index contributed by atoms with van der Waals surface area (Å²) in [6.45, 7) is 7.50. The van der Waals surface area contributed by atoms with Crippen LogP contribution in [-0.4, -0.2) is 79.7 Å². The van der Waals surface area contributed by atoms with Crippen molar-refractivity contribution in [2.75, 3.05) is 43.4 Å². The molecule has 11 nitrogen and oxygen atoms in total. The summed E-state index contributed by atoms with van der Waals surface area (Å²) in [6.07, 6.45) is 15.1. The quantitative estimate of drug-likeness (QED) is 0.134. The fourth-order valence-corrected chi connectivity index (χ4v) is 6.43. The van der Waals surface area contributed by atoms with Crippen molar-refractivity contribution < 1.29 is 0 Å². The topological polar surface area (TPSA) is 121 Å². The van der Waals surface area contributed by atoms with Crippen LogP contribution in [0.1, 0.15) is 69.2 Å². The molecular formula is C34H49N11. The smallest absolute Gasteiger partial charge is 0.225 e. The van der Waals surface area contributed by atoms with E-state index < -0.39 is 0 Å². The first-order valence-electron chi connectivity index (χ1n) is 17.0. The number of aryl methyl sites for hydroxylation is 1. The number of hydrogen-bond donors (Lipinski definition) is 4. The van der Waals surface area contributed by atoms with E-state index in [1.54, 1.807) is 0 Å². The summed E-state index contributed by atoms with van der Waals surface area (Å²) in [5.41, 5.74) is 2.93. The van der Waals surface area contributed by atoms with Gasteiger partial charge < -0.3 is 21.3 Å². The Labute approximate surface area is 267 Å². The highest BCUT2D eigenvalue weighted by Gasteiger charge is 2.21. The second kappa shape index (κ2) is 16.6. The van der Waals surface area contributed by atoms with Crippen molar-refractivity contribution in [3.63, 3.8) is 0 Å². The van der Waals surface area contributed by atoms with Gasteiger partial charge in [0.05, 0.1) is 24.0 Å². The molecule has 4 N–H and O–H groups in total. The molecule has 1 aliphatic carbocycles. The molecule has 2 aliphatic rings. The second-order valence-electron chi connectivity index (χ2n) is 12.5. The number of anilines is 2. The third kappa shape index (κ3) is 9.66.